The number of thiophene rings is 1. The van der Waals surface area contributed by atoms with Gasteiger partial charge in [0, 0.05) is 16.3 Å². The second-order valence-electron chi connectivity index (χ2n) is 3.33. The zero-order chi connectivity index (χ0) is 10.4. The van der Waals surface area contributed by atoms with Gasteiger partial charge in [0.15, 0.2) is 0 Å². The zero-order valence-electron chi connectivity index (χ0n) is 7.65. The number of para-hydroxylation sites is 1. The van der Waals surface area contributed by atoms with Crippen molar-refractivity contribution in [2.24, 2.45) is 0 Å². The van der Waals surface area contributed by atoms with E-state index in [1.54, 1.807) is 6.07 Å². The number of carboxylic acid groups (broad SMARTS) is 1. The molecular weight excluding hydrogens is 210 g/mol. The molecular formula is C11H7NO2S. The number of rotatable bonds is 1. The molecule has 0 aliphatic rings. The van der Waals surface area contributed by atoms with Crippen molar-refractivity contribution in [3.63, 3.8) is 0 Å². The normalized spacial score (nSPS) is 11.2. The van der Waals surface area contributed by atoms with Gasteiger partial charge < -0.3 is 10.1 Å². The highest BCUT2D eigenvalue weighted by molar-refractivity contribution is 7.20. The molecule has 0 amide bonds. The van der Waals surface area contributed by atoms with E-state index in [2.05, 4.69) is 4.98 Å². The molecule has 2 N–H and O–H groups in total. The predicted octanol–water partition coefficient (Wildman–Crippen LogP) is 3.08. The first kappa shape index (κ1) is 8.49. The molecule has 0 aliphatic heterocycles. The van der Waals surface area contributed by atoms with Crippen LogP contribution in [0.1, 0.15) is 9.67 Å². The van der Waals surface area contributed by atoms with Gasteiger partial charge in [-0.05, 0) is 12.1 Å². The van der Waals surface area contributed by atoms with Gasteiger partial charge >= 0.3 is 5.97 Å². The topological polar surface area (TPSA) is 53.1 Å². The van der Waals surface area contributed by atoms with Crippen molar-refractivity contribution in [2.75, 3.05) is 0 Å². The number of carboxylic acids is 1. The lowest BCUT2D eigenvalue weighted by Gasteiger charge is -1.87. The Bertz CT molecular complexity index is 665. The molecule has 0 saturated heterocycles. The van der Waals surface area contributed by atoms with Crippen LogP contribution in [-0.2, 0) is 0 Å². The molecule has 2 aromatic heterocycles. The second-order valence-corrected chi connectivity index (χ2v) is 4.38. The first-order valence-electron chi connectivity index (χ1n) is 4.49. The summed E-state index contributed by atoms with van der Waals surface area (Å²) in [5.41, 5.74) is 1.05. The van der Waals surface area contributed by atoms with Crippen LogP contribution in [0.4, 0.5) is 0 Å². The maximum absolute atomic E-state index is 10.8. The first-order valence-corrected chi connectivity index (χ1v) is 5.31. The number of hydrogen-bond donors (Lipinski definition) is 2. The predicted molar refractivity (Wildman–Crippen MR) is 60.6 cm³/mol. The molecule has 0 unspecified atom stereocenters. The lowest BCUT2D eigenvalue weighted by molar-refractivity contribution is 0.0702. The molecule has 15 heavy (non-hydrogen) atoms. The van der Waals surface area contributed by atoms with Crippen molar-refractivity contribution in [1.29, 1.82) is 0 Å². The van der Waals surface area contributed by atoms with Gasteiger partial charge in [0.2, 0.25) is 0 Å². The molecule has 1 aromatic carbocycles. The van der Waals surface area contributed by atoms with Crippen LogP contribution in [0.2, 0.25) is 0 Å². The molecule has 74 valence electrons. The highest BCUT2D eigenvalue weighted by atomic mass is 32.1. The van der Waals surface area contributed by atoms with E-state index in [0.29, 0.717) is 4.88 Å². The summed E-state index contributed by atoms with van der Waals surface area (Å²) in [6, 6.07) is 9.62. The summed E-state index contributed by atoms with van der Waals surface area (Å²) in [4.78, 5) is 15.3. The van der Waals surface area contributed by atoms with Gasteiger partial charge in [-0.15, -0.1) is 11.3 Å². The Labute approximate surface area is 89.0 Å². The smallest absolute Gasteiger partial charge is 0.345 e. The number of carbonyl (C=O) groups is 1. The number of H-pyrrole nitrogens is 1. The number of nitrogens with one attached hydrogen (secondary N) is 1. The number of aromatic nitrogens is 1. The fourth-order valence-electron chi connectivity index (χ4n) is 1.74. The van der Waals surface area contributed by atoms with Gasteiger partial charge in [0.05, 0.1) is 0 Å². The van der Waals surface area contributed by atoms with Gasteiger partial charge in [-0.1, -0.05) is 18.2 Å². The number of fused-ring (bicyclic) bond motifs is 3. The molecule has 0 radical (unpaired) electrons. The molecule has 3 aromatic rings. The summed E-state index contributed by atoms with van der Waals surface area (Å²) in [6.07, 6.45) is 0. The number of aromatic amines is 1. The molecule has 0 saturated carbocycles. The fourth-order valence-corrected chi connectivity index (χ4v) is 2.66. The fraction of sp³-hybridized carbons (Fsp3) is 0. The molecule has 3 rings (SSSR count). The molecule has 3 nitrogen and oxygen atoms in total. The van der Waals surface area contributed by atoms with Crippen LogP contribution in [-0.4, -0.2) is 16.1 Å². The van der Waals surface area contributed by atoms with E-state index in [1.165, 1.54) is 11.3 Å². The van der Waals surface area contributed by atoms with Crippen LogP contribution in [0.5, 0.6) is 0 Å². The van der Waals surface area contributed by atoms with Crippen molar-refractivity contribution in [3.8, 4) is 0 Å². The number of benzene rings is 1. The van der Waals surface area contributed by atoms with E-state index in [0.717, 1.165) is 21.1 Å². The highest BCUT2D eigenvalue weighted by Crippen LogP contribution is 2.31. The third-order valence-electron chi connectivity index (χ3n) is 2.41. The summed E-state index contributed by atoms with van der Waals surface area (Å²) in [6.45, 7) is 0. The first-order chi connectivity index (χ1) is 7.25. The average molecular weight is 217 g/mol. The minimum absolute atomic E-state index is 0.377. The van der Waals surface area contributed by atoms with Crippen molar-refractivity contribution in [3.05, 3.63) is 35.2 Å². The largest absolute Gasteiger partial charge is 0.477 e. The minimum atomic E-state index is -0.867. The van der Waals surface area contributed by atoms with Crippen LogP contribution in [0, 0.1) is 0 Å². The maximum atomic E-state index is 10.8. The van der Waals surface area contributed by atoms with Crippen molar-refractivity contribution in [1.82, 2.24) is 4.98 Å². The number of aromatic carboxylic acids is 1. The molecule has 0 spiro atoms. The van der Waals surface area contributed by atoms with E-state index in [4.69, 9.17) is 5.11 Å². The van der Waals surface area contributed by atoms with Crippen LogP contribution in [0.15, 0.2) is 30.3 Å². The molecule has 0 aliphatic carbocycles. The molecule has 0 bridgehead atoms. The summed E-state index contributed by atoms with van der Waals surface area (Å²) in [5.74, 6) is -0.867. The monoisotopic (exact) mass is 217 g/mol. The van der Waals surface area contributed by atoms with Gasteiger partial charge in [-0.3, -0.25) is 0 Å². The van der Waals surface area contributed by atoms with Crippen LogP contribution < -0.4 is 0 Å². The number of hydrogen-bond acceptors (Lipinski definition) is 2. The lowest BCUT2D eigenvalue weighted by atomic mass is 10.2. The van der Waals surface area contributed by atoms with Crippen molar-refractivity contribution >= 4 is 38.4 Å². The Morgan fingerprint density at radius 1 is 1.27 bits per heavy atom. The van der Waals surface area contributed by atoms with E-state index in [-0.39, 0.29) is 0 Å². The zero-order valence-corrected chi connectivity index (χ0v) is 8.47. The van der Waals surface area contributed by atoms with E-state index >= 15 is 0 Å². The van der Waals surface area contributed by atoms with E-state index in [1.807, 2.05) is 24.3 Å². The summed E-state index contributed by atoms with van der Waals surface area (Å²) >= 11 is 1.28. The highest BCUT2D eigenvalue weighted by Gasteiger charge is 2.11. The Balaban J connectivity index is 2.42. The second kappa shape index (κ2) is 2.84. The SMILES string of the molecule is O=C(O)c1cc2c([nH]c3ccccc32)s1. The van der Waals surface area contributed by atoms with Gasteiger partial charge in [0.25, 0.3) is 0 Å². The van der Waals surface area contributed by atoms with Gasteiger partial charge in [0.1, 0.15) is 9.71 Å². The summed E-state index contributed by atoms with van der Waals surface area (Å²) in [5, 5.41) is 10.9. The van der Waals surface area contributed by atoms with Crippen LogP contribution >= 0.6 is 11.3 Å². The Morgan fingerprint density at radius 3 is 2.87 bits per heavy atom. The Morgan fingerprint density at radius 2 is 2.07 bits per heavy atom. The van der Waals surface area contributed by atoms with Gasteiger partial charge in [-0.2, -0.15) is 0 Å². The average Bonchev–Trinajstić information content (AvgIpc) is 2.73. The van der Waals surface area contributed by atoms with E-state index < -0.39 is 5.97 Å². The molecule has 0 fully saturated rings. The standard InChI is InChI=1S/C11H7NO2S/c13-11(14)9-5-7-6-3-1-2-4-8(6)12-10(7)15-9/h1-5,12H,(H,13,14). The van der Waals surface area contributed by atoms with Crippen molar-refractivity contribution in [2.45, 2.75) is 0 Å². The summed E-state index contributed by atoms with van der Waals surface area (Å²) < 4.78 is 0. The molecule has 2 heterocycles. The minimum Gasteiger partial charge on any atom is -0.477 e. The third-order valence-corrected chi connectivity index (χ3v) is 3.45. The third kappa shape index (κ3) is 1.15. The molecule has 0 atom stereocenters. The summed E-state index contributed by atoms with van der Waals surface area (Å²) in [7, 11) is 0. The van der Waals surface area contributed by atoms with Gasteiger partial charge in [-0.25, -0.2) is 4.79 Å². The maximum Gasteiger partial charge on any atom is 0.345 e. The van der Waals surface area contributed by atoms with Crippen LogP contribution in [0.3, 0.4) is 0 Å². The van der Waals surface area contributed by atoms with E-state index in [9.17, 15) is 4.79 Å². The quantitative estimate of drug-likeness (QED) is 0.658. The lowest BCUT2D eigenvalue weighted by Crippen LogP contribution is -1.89. The Hall–Kier alpha value is -1.81. The van der Waals surface area contributed by atoms with Crippen molar-refractivity contribution < 1.29 is 9.90 Å². The van der Waals surface area contributed by atoms with Crippen LogP contribution in [0.25, 0.3) is 21.1 Å². The Kier molecular flexibility index (Phi) is 1.61. The molecule has 4 heteroatoms.